The fraction of sp³-hybridized carbons (Fsp3) is 0.240. The molecule has 0 saturated carbocycles. The number of para-hydroxylation sites is 1. The molecule has 0 fully saturated rings. The topological polar surface area (TPSA) is 84.7 Å². The van der Waals surface area contributed by atoms with Crippen LogP contribution in [0.25, 0.3) is 0 Å². The average Bonchev–Trinajstić information content (AvgIpc) is 2.82. The van der Waals surface area contributed by atoms with Crippen molar-refractivity contribution in [2.45, 2.75) is 32.4 Å². The van der Waals surface area contributed by atoms with Crippen LogP contribution in [0.15, 0.2) is 72.8 Å². The van der Waals surface area contributed by atoms with Crippen LogP contribution in [0.3, 0.4) is 0 Å². The zero-order valence-corrected chi connectivity index (χ0v) is 17.9. The number of nitrogens with zero attached hydrogens (tertiary/aromatic N) is 2. The van der Waals surface area contributed by atoms with Crippen LogP contribution in [0, 0.1) is 10.1 Å². The minimum atomic E-state index is -0.505. The second-order valence-electron chi connectivity index (χ2n) is 7.67. The third kappa shape index (κ3) is 4.42. The van der Waals surface area contributed by atoms with Gasteiger partial charge in [0.1, 0.15) is 11.9 Å². The Kier molecular flexibility index (Phi) is 6.35. The zero-order chi connectivity index (χ0) is 22.5. The molecule has 0 saturated heterocycles. The van der Waals surface area contributed by atoms with Crippen molar-refractivity contribution in [1.29, 1.82) is 0 Å². The van der Waals surface area contributed by atoms with Gasteiger partial charge in [-0.1, -0.05) is 31.9 Å². The Morgan fingerprint density at radius 2 is 1.72 bits per heavy atom. The van der Waals surface area contributed by atoms with Crippen molar-refractivity contribution < 1.29 is 14.5 Å². The fourth-order valence-electron chi connectivity index (χ4n) is 3.78. The van der Waals surface area contributed by atoms with E-state index in [-0.39, 0.29) is 11.6 Å². The molecule has 0 bridgehead atoms. The molecule has 164 valence electrons. The second kappa shape index (κ2) is 9.51. The van der Waals surface area contributed by atoms with Crippen molar-refractivity contribution >= 4 is 23.0 Å². The van der Waals surface area contributed by atoms with E-state index in [1.165, 1.54) is 12.1 Å². The van der Waals surface area contributed by atoms with Gasteiger partial charge in [0, 0.05) is 23.5 Å². The molecule has 1 aliphatic rings. The fourth-order valence-corrected chi connectivity index (χ4v) is 3.78. The molecule has 7 nitrogen and oxygen atoms in total. The summed E-state index contributed by atoms with van der Waals surface area (Å²) < 4.78 is 5.80. The summed E-state index contributed by atoms with van der Waals surface area (Å²) in [4.78, 5) is 25.7. The number of unbranched alkanes of at least 4 members (excludes halogenated alkanes) is 2. The number of carbonyl (C=O) groups excluding carboxylic acids is 1. The van der Waals surface area contributed by atoms with E-state index >= 15 is 0 Å². The first kappa shape index (κ1) is 21.4. The van der Waals surface area contributed by atoms with Gasteiger partial charge in [-0.2, -0.15) is 0 Å². The number of rotatable bonds is 8. The minimum Gasteiger partial charge on any atom is -0.494 e. The number of benzene rings is 3. The summed E-state index contributed by atoms with van der Waals surface area (Å²) in [6.45, 7) is 2.81. The molecule has 0 unspecified atom stereocenters. The number of nitro groups is 1. The molecule has 4 rings (SSSR count). The normalized spacial score (nSPS) is 15.1. The lowest BCUT2D eigenvalue weighted by Crippen LogP contribution is -2.43. The Hall–Kier alpha value is -3.87. The van der Waals surface area contributed by atoms with Gasteiger partial charge in [0.05, 0.1) is 17.1 Å². The summed E-state index contributed by atoms with van der Waals surface area (Å²) >= 11 is 0. The molecule has 0 radical (unpaired) electrons. The predicted molar refractivity (Wildman–Crippen MR) is 124 cm³/mol. The van der Waals surface area contributed by atoms with Crippen LogP contribution in [-0.4, -0.2) is 17.4 Å². The molecule has 1 aliphatic heterocycles. The molecule has 1 heterocycles. The molecule has 0 aromatic heterocycles. The summed E-state index contributed by atoms with van der Waals surface area (Å²) in [6.07, 6.45) is 2.76. The molecule has 3 aromatic rings. The van der Waals surface area contributed by atoms with Crippen LogP contribution in [0.5, 0.6) is 5.75 Å². The summed E-state index contributed by atoms with van der Waals surface area (Å²) in [5.74, 6) is 0.619. The van der Waals surface area contributed by atoms with Crippen LogP contribution in [0.2, 0.25) is 0 Å². The Morgan fingerprint density at radius 1 is 1.00 bits per heavy atom. The summed E-state index contributed by atoms with van der Waals surface area (Å²) in [7, 11) is 0. The molecule has 1 amide bonds. The number of hydrogen-bond acceptors (Lipinski definition) is 5. The van der Waals surface area contributed by atoms with Gasteiger partial charge in [0.25, 0.3) is 11.6 Å². The van der Waals surface area contributed by atoms with Gasteiger partial charge in [-0.15, -0.1) is 0 Å². The largest absolute Gasteiger partial charge is 0.494 e. The Morgan fingerprint density at radius 3 is 2.41 bits per heavy atom. The third-order valence-electron chi connectivity index (χ3n) is 5.48. The third-order valence-corrected chi connectivity index (χ3v) is 5.48. The van der Waals surface area contributed by atoms with Crippen LogP contribution in [0.1, 0.15) is 48.3 Å². The number of nitrogens with one attached hydrogen (secondary N) is 1. The number of fused-ring (bicyclic) bond motifs is 1. The van der Waals surface area contributed by atoms with E-state index in [1.807, 2.05) is 42.5 Å². The van der Waals surface area contributed by atoms with E-state index in [4.69, 9.17) is 4.74 Å². The lowest BCUT2D eigenvalue weighted by molar-refractivity contribution is -0.384. The Bertz CT molecular complexity index is 1100. The highest BCUT2D eigenvalue weighted by Gasteiger charge is 2.34. The highest BCUT2D eigenvalue weighted by atomic mass is 16.6. The van der Waals surface area contributed by atoms with Crippen molar-refractivity contribution in [3.8, 4) is 5.75 Å². The number of carbonyl (C=O) groups is 1. The van der Waals surface area contributed by atoms with Crippen molar-refractivity contribution in [2.24, 2.45) is 0 Å². The first-order chi connectivity index (χ1) is 15.6. The molecule has 7 heteroatoms. The lowest BCUT2D eigenvalue weighted by atomic mass is 10.0. The lowest BCUT2D eigenvalue weighted by Gasteiger charge is -2.38. The molecule has 3 aromatic carbocycles. The first-order valence-corrected chi connectivity index (χ1v) is 10.7. The zero-order valence-electron chi connectivity index (χ0n) is 17.9. The summed E-state index contributed by atoms with van der Waals surface area (Å²) in [6, 6.07) is 21.0. The van der Waals surface area contributed by atoms with Gasteiger partial charge in [-0.05, 0) is 60.5 Å². The van der Waals surface area contributed by atoms with Crippen molar-refractivity contribution in [2.75, 3.05) is 16.8 Å². The second-order valence-corrected chi connectivity index (χ2v) is 7.67. The number of non-ortho nitro benzene ring substituents is 1. The van der Waals surface area contributed by atoms with Gasteiger partial charge in [-0.25, -0.2) is 0 Å². The smallest absolute Gasteiger partial charge is 0.269 e. The molecule has 1 atom stereocenters. The van der Waals surface area contributed by atoms with Crippen molar-refractivity contribution in [1.82, 2.24) is 0 Å². The molecule has 0 aliphatic carbocycles. The van der Waals surface area contributed by atoms with Crippen molar-refractivity contribution in [3.63, 3.8) is 0 Å². The van der Waals surface area contributed by atoms with E-state index in [1.54, 1.807) is 23.1 Å². The molecule has 0 spiro atoms. The van der Waals surface area contributed by atoms with Crippen LogP contribution < -0.4 is 15.0 Å². The maximum atomic E-state index is 13.5. The van der Waals surface area contributed by atoms with Crippen molar-refractivity contribution in [3.05, 3.63) is 94.0 Å². The number of ether oxygens (including phenoxy) is 1. The monoisotopic (exact) mass is 431 g/mol. The first-order valence-electron chi connectivity index (χ1n) is 10.7. The van der Waals surface area contributed by atoms with Gasteiger partial charge in [0.15, 0.2) is 0 Å². The van der Waals surface area contributed by atoms with Crippen LogP contribution in [0.4, 0.5) is 17.1 Å². The highest BCUT2D eigenvalue weighted by Crippen LogP contribution is 2.37. The maximum Gasteiger partial charge on any atom is 0.269 e. The van der Waals surface area contributed by atoms with E-state index < -0.39 is 11.1 Å². The van der Waals surface area contributed by atoms with E-state index in [0.717, 1.165) is 36.3 Å². The maximum absolute atomic E-state index is 13.5. The SMILES string of the molecule is CCCCCOc1ccc(N2C(=O)c3ccccc3N[C@H]2c2ccc([N+](=O)[O-])cc2)cc1. The standard InChI is InChI=1S/C25H25N3O4/c1-2-3-6-17-32-21-15-13-19(14-16-21)27-24(18-9-11-20(12-10-18)28(30)31)26-23-8-5-4-7-22(23)25(27)29/h4-5,7-16,24,26H,2-3,6,17H2,1H3/t24-/m1/s1. The van der Waals surface area contributed by atoms with Crippen LogP contribution in [-0.2, 0) is 0 Å². The molecular weight excluding hydrogens is 406 g/mol. The van der Waals surface area contributed by atoms with Gasteiger partial charge in [-0.3, -0.25) is 19.8 Å². The van der Waals surface area contributed by atoms with Gasteiger partial charge in [0.2, 0.25) is 0 Å². The average molecular weight is 431 g/mol. The Balaban J connectivity index is 1.65. The van der Waals surface area contributed by atoms with E-state index in [9.17, 15) is 14.9 Å². The van der Waals surface area contributed by atoms with Gasteiger partial charge >= 0.3 is 0 Å². The highest BCUT2D eigenvalue weighted by molar-refractivity contribution is 6.12. The molecular formula is C25H25N3O4. The predicted octanol–water partition coefficient (Wildman–Crippen LogP) is 5.93. The van der Waals surface area contributed by atoms with E-state index in [2.05, 4.69) is 12.2 Å². The number of hydrogen-bond donors (Lipinski definition) is 1. The Labute approximate surface area is 186 Å². The quantitative estimate of drug-likeness (QED) is 0.271. The molecule has 32 heavy (non-hydrogen) atoms. The summed E-state index contributed by atoms with van der Waals surface area (Å²) in [5, 5.41) is 14.5. The minimum absolute atomic E-state index is 0.00686. The van der Waals surface area contributed by atoms with Gasteiger partial charge < -0.3 is 10.1 Å². The number of anilines is 2. The van der Waals surface area contributed by atoms with Crippen LogP contribution >= 0.6 is 0 Å². The summed E-state index contributed by atoms with van der Waals surface area (Å²) in [5.41, 5.74) is 2.77. The van der Waals surface area contributed by atoms with E-state index in [0.29, 0.717) is 17.9 Å². The number of nitro benzene ring substituents is 1. The number of amides is 1. The molecule has 1 N–H and O–H groups in total.